The van der Waals surface area contributed by atoms with Crippen molar-refractivity contribution < 1.29 is 5.11 Å². The van der Waals surface area contributed by atoms with Crippen LogP contribution in [0.1, 0.15) is 18.1 Å². The van der Waals surface area contributed by atoms with Crippen LogP contribution in [0.3, 0.4) is 0 Å². The van der Waals surface area contributed by atoms with Crippen LogP contribution in [0.4, 0.5) is 5.13 Å². The molecule has 0 amide bonds. The zero-order chi connectivity index (χ0) is 21.4. The molecule has 0 bridgehead atoms. The van der Waals surface area contributed by atoms with Gasteiger partial charge in [-0.25, -0.2) is 19.3 Å². The van der Waals surface area contributed by atoms with Crippen LogP contribution in [0.2, 0.25) is 0 Å². The van der Waals surface area contributed by atoms with Gasteiger partial charge in [0.1, 0.15) is 5.56 Å². The smallest absolute Gasteiger partial charge is 0.335 e. The molecule has 0 spiro atoms. The number of rotatable bonds is 4. The van der Waals surface area contributed by atoms with Crippen LogP contribution in [0.15, 0.2) is 59.9 Å². The third-order valence-electron chi connectivity index (χ3n) is 4.43. The van der Waals surface area contributed by atoms with Gasteiger partial charge in [0.25, 0.3) is 5.56 Å². The zero-order valence-electron chi connectivity index (χ0n) is 15.5. The first kappa shape index (κ1) is 20.7. The number of benzene rings is 2. The molecule has 7 nitrogen and oxygen atoms in total. The highest BCUT2D eigenvalue weighted by Gasteiger charge is 2.16. The summed E-state index contributed by atoms with van der Waals surface area (Å²) in [4.78, 5) is 35.7. The lowest BCUT2D eigenvalue weighted by Crippen LogP contribution is -2.31. The number of nitrogens with one attached hydrogen (secondary N) is 1. The van der Waals surface area contributed by atoms with Gasteiger partial charge < -0.3 is 5.11 Å². The van der Waals surface area contributed by atoms with Gasteiger partial charge in [-0.1, -0.05) is 50.1 Å². The average Bonchev–Trinajstić information content (AvgIpc) is 3.10. The topological polar surface area (TPSA) is 100 Å². The Morgan fingerprint density at radius 2 is 1.93 bits per heavy atom. The lowest BCUT2D eigenvalue weighted by Gasteiger charge is -2.13. The van der Waals surface area contributed by atoms with E-state index in [4.69, 9.17) is 0 Å². The van der Waals surface area contributed by atoms with Crippen LogP contribution in [0, 0.1) is 0 Å². The van der Waals surface area contributed by atoms with Gasteiger partial charge >= 0.3 is 5.69 Å². The van der Waals surface area contributed by atoms with E-state index in [-0.39, 0.29) is 5.56 Å². The summed E-state index contributed by atoms with van der Waals surface area (Å²) in [6, 6.07) is 11.0. The maximum absolute atomic E-state index is 12.5. The van der Waals surface area contributed by atoms with Crippen molar-refractivity contribution in [3.05, 3.63) is 77.3 Å². The summed E-state index contributed by atoms with van der Waals surface area (Å²) in [6.45, 7) is 1.94. The average molecular weight is 550 g/mol. The first-order valence-electron chi connectivity index (χ1n) is 8.84. The van der Waals surface area contributed by atoms with Crippen LogP contribution >= 0.6 is 43.2 Å². The monoisotopic (exact) mass is 548 g/mol. The van der Waals surface area contributed by atoms with Crippen molar-refractivity contribution in [1.82, 2.24) is 14.5 Å². The molecule has 2 N–H and O–H groups in total. The van der Waals surface area contributed by atoms with Crippen LogP contribution in [0.25, 0.3) is 15.9 Å². The molecular weight excluding hydrogens is 536 g/mol. The van der Waals surface area contributed by atoms with Gasteiger partial charge in [0, 0.05) is 15.2 Å². The van der Waals surface area contributed by atoms with E-state index in [0.717, 1.165) is 29.3 Å². The van der Waals surface area contributed by atoms with E-state index in [2.05, 4.69) is 46.8 Å². The minimum absolute atomic E-state index is 0.125. The number of nitrogens with zero attached hydrogens (tertiary/aromatic N) is 3. The third kappa shape index (κ3) is 3.90. The van der Waals surface area contributed by atoms with Gasteiger partial charge in [0.2, 0.25) is 11.0 Å². The van der Waals surface area contributed by atoms with Crippen molar-refractivity contribution in [3.8, 4) is 11.6 Å². The van der Waals surface area contributed by atoms with Crippen molar-refractivity contribution >= 4 is 64.8 Å². The molecule has 0 saturated carbocycles. The molecule has 0 aliphatic carbocycles. The SMILES string of the molecule is CCc1cc(Br)ccc1-n1c(O)c(C=Nc2nc3ccc(Br)cc3s2)c(=O)[nH]c1=O. The molecule has 0 fully saturated rings. The van der Waals surface area contributed by atoms with Gasteiger partial charge in [-0.2, -0.15) is 0 Å². The number of aromatic nitrogens is 3. The Hall–Kier alpha value is -2.56. The highest BCUT2D eigenvalue weighted by molar-refractivity contribution is 9.10. The molecular formula is C20H14Br2N4O3S. The molecule has 0 unspecified atom stereocenters. The highest BCUT2D eigenvalue weighted by atomic mass is 79.9. The molecule has 2 heterocycles. The Bertz CT molecular complexity index is 1420. The number of hydrogen-bond acceptors (Lipinski definition) is 6. The second kappa shape index (κ2) is 8.29. The fraction of sp³-hybridized carbons (Fsp3) is 0.100. The van der Waals surface area contributed by atoms with Gasteiger partial charge in [-0.15, -0.1) is 0 Å². The van der Waals surface area contributed by atoms with Crippen LogP contribution in [-0.4, -0.2) is 25.9 Å². The summed E-state index contributed by atoms with van der Waals surface area (Å²) >= 11 is 8.17. The molecule has 10 heteroatoms. The minimum Gasteiger partial charge on any atom is -0.493 e. The van der Waals surface area contributed by atoms with E-state index >= 15 is 0 Å². The van der Waals surface area contributed by atoms with Gasteiger partial charge in [0.05, 0.1) is 15.9 Å². The number of fused-ring (bicyclic) bond motifs is 1. The number of aryl methyl sites for hydroxylation is 1. The van der Waals surface area contributed by atoms with Crippen molar-refractivity contribution in [2.75, 3.05) is 0 Å². The zero-order valence-corrected chi connectivity index (χ0v) is 19.5. The molecule has 4 aromatic rings. The molecule has 0 atom stereocenters. The largest absolute Gasteiger partial charge is 0.493 e. The molecule has 4 rings (SSSR count). The number of H-pyrrole nitrogens is 1. The standard InChI is InChI=1S/C20H14Br2N4O3S/c1-2-10-7-11(21)4-6-15(10)26-18(28)13(17(27)25-20(26)29)9-23-19-24-14-5-3-12(22)8-16(14)30-19/h3-9,28H,2H2,1H3,(H,25,27,29). The van der Waals surface area contributed by atoms with Crippen molar-refractivity contribution in [2.24, 2.45) is 4.99 Å². The maximum Gasteiger partial charge on any atom is 0.335 e. The van der Waals surface area contributed by atoms with E-state index < -0.39 is 17.1 Å². The summed E-state index contributed by atoms with van der Waals surface area (Å²) in [5, 5.41) is 11.2. The lowest BCUT2D eigenvalue weighted by molar-refractivity contribution is 0.429. The summed E-state index contributed by atoms with van der Waals surface area (Å²) in [6.07, 6.45) is 1.85. The number of aromatic hydroxyl groups is 1. The fourth-order valence-corrected chi connectivity index (χ4v) is 4.77. The highest BCUT2D eigenvalue weighted by Crippen LogP contribution is 2.30. The summed E-state index contributed by atoms with van der Waals surface area (Å²) in [7, 11) is 0. The van der Waals surface area contributed by atoms with Crippen LogP contribution in [0.5, 0.6) is 5.88 Å². The molecule has 0 saturated heterocycles. The first-order chi connectivity index (χ1) is 14.4. The number of aromatic amines is 1. The Labute approximate surface area is 191 Å². The Morgan fingerprint density at radius 1 is 1.20 bits per heavy atom. The van der Waals surface area contributed by atoms with E-state index in [9.17, 15) is 14.7 Å². The number of hydrogen-bond donors (Lipinski definition) is 2. The molecule has 0 radical (unpaired) electrons. The lowest BCUT2D eigenvalue weighted by atomic mass is 10.1. The molecule has 0 aliphatic rings. The third-order valence-corrected chi connectivity index (χ3v) is 6.34. The summed E-state index contributed by atoms with van der Waals surface area (Å²) in [5.74, 6) is -0.478. The predicted molar refractivity (Wildman–Crippen MR) is 126 cm³/mol. The molecule has 0 aliphatic heterocycles. The molecule has 152 valence electrons. The number of thiazole rings is 1. The van der Waals surface area contributed by atoms with Gasteiger partial charge in [-0.05, 0) is 48.4 Å². The Kier molecular flexibility index (Phi) is 5.72. The van der Waals surface area contributed by atoms with E-state index in [1.165, 1.54) is 17.6 Å². The van der Waals surface area contributed by atoms with Crippen molar-refractivity contribution in [1.29, 1.82) is 0 Å². The number of halogens is 2. The Balaban J connectivity index is 1.83. The maximum atomic E-state index is 12.5. The summed E-state index contributed by atoms with van der Waals surface area (Å²) < 4.78 is 3.78. The predicted octanol–water partition coefficient (Wildman–Crippen LogP) is 4.68. The van der Waals surface area contributed by atoms with E-state index in [0.29, 0.717) is 17.2 Å². The molecule has 2 aromatic heterocycles. The van der Waals surface area contributed by atoms with Crippen LogP contribution in [-0.2, 0) is 6.42 Å². The second-order valence-corrected chi connectivity index (χ2v) is 9.17. The van der Waals surface area contributed by atoms with Crippen molar-refractivity contribution in [3.63, 3.8) is 0 Å². The fourth-order valence-electron chi connectivity index (χ4n) is 3.00. The number of aliphatic imine (C=N–C) groups is 1. The normalized spacial score (nSPS) is 11.6. The quantitative estimate of drug-likeness (QED) is 0.361. The molecule has 30 heavy (non-hydrogen) atoms. The first-order valence-corrected chi connectivity index (χ1v) is 11.2. The van der Waals surface area contributed by atoms with Gasteiger partial charge in [-0.3, -0.25) is 9.78 Å². The summed E-state index contributed by atoms with van der Waals surface area (Å²) in [5.41, 5.74) is 0.515. The van der Waals surface area contributed by atoms with E-state index in [1.807, 2.05) is 31.2 Å². The van der Waals surface area contributed by atoms with Crippen LogP contribution < -0.4 is 11.2 Å². The minimum atomic E-state index is -0.725. The van der Waals surface area contributed by atoms with Crippen molar-refractivity contribution in [2.45, 2.75) is 13.3 Å². The molecule has 2 aromatic carbocycles. The second-order valence-electron chi connectivity index (χ2n) is 6.33. The van der Waals surface area contributed by atoms with E-state index in [1.54, 1.807) is 12.1 Å². The Morgan fingerprint density at radius 3 is 2.70 bits per heavy atom. The van der Waals surface area contributed by atoms with Gasteiger partial charge in [0.15, 0.2) is 0 Å².